The molecule has 0 amide bonds. The molecule has 118 valence electrons. The predicted octanol–water partition coefficient (Wildman–Crippen LogP) is 2.56. The number of ether oxygens (including phenoxy) is 1. The molecule has 0 radical (unpaired) electrons. The minimum absolute atomic E-state index is 0.0817. The molecule has 2 unspecified atom stereocenters. The Morgan fingerprint density at radius 3 is 2.67 bits per heavy atom. The van der Waals surface area contributed by atoms with E-state index in [1.807, 2.05) is 6.92 Å². The van der Waals surface area contributed by atoms with Gasteiger partial charge in [0.2, 0.25) is 6.54 Å². The molecule has 21 heavy (non-hydrogen) atoms. The van der Waals surface area contributed by atoms with E-state index in [1.165, 1.54) is 7.11 Å². The van der Waals surface area contributed by atoms with Gasteiger partial charge in [-0.2, -0.15) is 0 Å². The number of hydrogen-bond acceptors (Lipinski definition) is 5. The van der Waals surface area contributed by atoms with Crippen molar-refractivity contribution in [2.24, 2.45) is 5.92 Å². The molecule has 1 aromatic rings. The molecule has 0 fully saturated rings. The topological polar surface area (TPSA) is 92.8 Å². The Balaban J connectivity index is 3.14. The molecule has 0 saturated carbocycles. The summed E-state index contributed by atoms with van der Waals surface area (Å²) >= 11 is 0. The number of phenolic OH excluding ortho intramolecular Hbond substituents is 1. The first kappa shape index (κ1) is 17.2. The van der Waals surface area contributed by atoms with Crippen LogP contribution < -0.4 is 4.74 Å². The third-order valence-corrected chi connectivity index (χ3v) is 3.73. The lowest BCUT2D eigenvalue weighted by atomic mass is 9.82. The monoisotopic (exact) mass is 297 g/mol. The number of aromatic hydroxyl groups is 1. The SMILES string of the molecule is CCCCC(CO)C(C[N+](=O)[O-])c1cccc(OC)c1O. The van der Waals surface area contributed by atoms with E-state index in [0.29, 0.717) is 12.0 Å². The van der Waals surface area contributed by atoms with E-state index in [1.54, 1.807) is 18.2 Å². The van der Waals surface area contributed by atoms with Crippen LogP contribution in [-0.2, 0) is 0 Å². The number of unbranched alkanes of at least 4 members (excludes halogenated alkanes) is 1. The lowest BCUT2D eigenvalue weighted by Crippen LogP contribution is -2.24. The first-order valence-electron chi connectivity index (χ1n) is 7.13. The molecule has 0 aliphatic rings. The number of phenols is 1. The van der Waals surface area contributed by atoms with Gasteiger partial charge in [-0.25, -0.2) is 0 Å². The fraction of sp³-hybridized carbons (Fsp3) is 0.600. The number of para-hydroxylation sites is 1. The maximum absolute atomic E-state index is 11.0. The maximum Gasteiger partial charge on any atom is 0.211 e. The van der Waals surface area contributed by atoms with Crippen LogP contribution >= 0.6 is 0 Å². The van der Waals surface area contributed by atoms with Crippen LogP contribution in [0.4, 0.5) is 0 Å². The summed E-state index contributed by atoms with van der Waals surface area (Å²) in [6.07, 6.45) is 2.51. The molecule has 0 aliphatic carbocycles. The van der Waals surface area contributed by atoms with Crippen molar-refractivity contribution in [3.63, 3.8) is 0 Å². The normalized spacial score (nSPS) is 13.7. The zero-order valence-corrected chi connectivity index (χ0v) is 12.5. The largest absolute Gasteiger partial charge is 0.504 e. The molecule has 2 atom stereocenters. The van der Waals surface area contributed by atoms with Crippen molar-refractivity contribution < 1.29 is 19.9 Å². The van der Waals surface area contributed by atoms with Crippen molar-refractivity contribution in [2.45, 2.75) is 32.1 Å². The fourth-order valence-electron chi connectivity index (χ4n) is 2.55. The summed E-state index contributed by atoms with van der Waals surface area (Å²) in [5.41, 5.74) is 0.459. The molecule has 0 heterocycles. The highest BCUT2D eigenvalue weighted by atomic mass is 16.6. The van der Waals surface area contributed by atoms with Gasteiger partial charge in [0.15, 0.2) is 11.5 Å². The van der Waals surface area contributed by atoms with Crippen LogP contribution in [0.25, 0.3) is 0 Å². The van der Waals surface area contributed by atoms with Crippen LogP contribution in [0.1, 0.15) is 37.7 Å². The lowest BCUT2D eigenvalue weighted by molar-refractivity contribution is -0.485. The number of hydrogen-bond donors (Lipinski definition) is 2. The van der Waals surface area contributed by atoms with Gasteiger partial charge >= 0.3 is 0 Å². The third-order valence-electron chi connectivity index (χ3n) is 3.73. The second kappa shape index (κ2) is 8.46. The molecule has 1 aromatic carbocycles. The smallest absolute Gasteiger partial charge is 0.211 e. The van der Waals surface area contributed by atoms with Crippen LogP contribution in [0.3, 0.4) is 0 Å². The minimum atomic E-state index is -0.536. The highest BCUT2D eigenvalue weighted by molar-refractivity contribution is 5.47. The predicted molar refractivity (Wildman–Crippen MR) is 79.4 cm³/mol. The molecular weight excluding hydrogens is 274 g/mol. The lowest BCUT2D eigenvalue weighted by Gasteiger charge is -2.24. The zero-order chi connectivity index (χ0) is 15.8. The van der Waals surface area contributed by atoms with Crippen molar-refractivity contribution in [1.82, 2.24) is 0 Å². The van der Waals surface area contributed by atoms with Crippen LogP contribution in [0.15, 0.2) is 18.2 Å². The second-order valence-electron chi connectivity index (χ2n) is 5.10. The fourth-order valence-corrected chi connectivity index (χ4v) is 2.55. The number of benzene rings is 1. The Bertz CT molecular complexity index is 463. The number of aliphatic hydroxyl groups is 1. The van der Waals surface area contributed by atoms with Crippen molar-refractivity contribution in [2.75, 3.05) is 20.3 Å². The Morgan fingerprint density at radius 1 is 1.43 bits per heavy atom. The Labute approximate surface area is 124 Å². The van der Waals surface area contributed by atoms with Crippen molar-refractivity contribution in [3.05, 3.63) is 33.9 Å². The van der Waals surface area contributed by atoms with E-state index in [0.717, 1.165) is 12.8 Å². The van der Waals surface area contributed by atoms with E-state index in [2.05, 4.69) is 0 Å². The van der Waals surface area contributed by atoms with Crippen molar-refractivity contribution >= 4 is 0 Å². The van der Waals surface area contributed by atoms with Gasteiger partial charge in [0.05, 0.1) is 13.0 Å². The van der Waals surface area contributed by atoms with E-state index in [4.69, 9.17) is 4.74 Å². The summed E-state index contributed by atoms with van der Waals surface area (Å²) in [4.78, 5) is 10.5. The summed E-state index contributed by atoms with van der Waals surface area (Å²) in [5, 5.41) is 30.7. The van der Waals surface area contributed by atoms with Crippen LogP contribution in [-0.4, -0.2) is 35.4 Å². The van der Waals surface area contributed by atoms with Crippen LogP contribution in [0.2, 0.25) is 0 Å². The van der Waals surface area contributed by atoms with Gasteiger partial charge in [0.1, 0.15) is 0 Å². The molecule has 1 rings (SSSR count). The number of aliphatic hydroxyl groups excluding tert-OH is 1. The van der Waals surface area contributed by atoms with Crippen LogP contribution in [0, 0.1) is 16.0 Å². The molecule has 2 N–H and O–H groups in total. The van der Waals surface area contributed by atoms with E-state index in [-0.39, 0.29) is 30.6 Å². The Morgan fingerprint density at radius 2 is 2.14 bits per heavy atom. The second-order valence-corrected chi connectivity index (χ2v) is 5.10. The average molecular weight is 297 g/mol. The average Bonchev–Trinajstić information content (AvgIpc) is 2.46. The molecular formula is C15H23NO5. The van der Waals surface area contributed by atoms with Crippen LogP contribution in [0.5, 0.6) is 11.5 Å². The summed E-state index contributed by atoms with van der Waals surface area (Å²) in [7, 11) is 1.43. The minimum Gasteiger partial charge on any atom is -0.504 e. The van der Waals surface area contributed by atoms with E-state index < -0.39 is 10.8 Å². The first-order valence-corrected chi connectivity index (χ1v) is 7.13. The Kier molecular flexibility index (Phi) is 6.94. The molecule has 0 saturated heterocycles. The summed E-state index contributed by atoms with van der Waals surface area (Å²) in [5.74, 6) is -0.588. The van der Waals surface area contributed by atoms with Crippen molar-refractivity contribution in [3.8, 4) is 11.5 Å². The first-order chi connectivity index (χ1) is 10.0. The number of nitro groups is 1. The number of nitrogens with zero attached hydrogens (tertiary/aromatic N) is 1. The molecule has 6 nitrogen and oxygen atoms in total. The quantitative estimate of drug-likeness (QED) is 0.540. The Hall–Kier alpha value is -1.82. The van der Waals surface area contributed by atoms with Gasteiger partial charge in [-0.3, -0.25) is 10.1 Å². The molecule has 0 aliphatic heterocycles. The summed E-state index contributed by atoms with van der Waals surface area (Å²) < 4.78 is 5.05. The van der Waals surface area contributed by atoms with Gasteiger partial charge in [0, 0.05) is 17.1 Å². The number of methoxy groups -OCH3 is 1. The number of rotatable bonds is 9. The van der Waals surface area contributed by atoms with Crippen molar-refractivity contribution in [1.29, 1.82) is 0 Å². The van der Waals surface area contributed by atoms with Gasteiger partial charge in [0.25, 0.3) is 0 Å². The van der Waals surface area contributed by atoms with E-state index in [9.17, 15) is 20.3 Å². The summed E-state index contributed by atoms with van der Waals surface area (Å²) in [6, 6.07) is 4.94. The highest BCUT2D eigenvalue weighted by Crippen LogP contribution is 2.39. The molecule has 0 aromatic heterocycles. The molecule has 0 spiro atoms. The molecule has 6 heteroatoms. The standard InChI is InChI=1S/C15H23NO5/c1-3-4-6-11(10-17)13(9-16(19)20)12-7-5-8-14(21-2)15(12)18/h5,7-8,11,13,17-18H,3-4,6,9-10H2,1-2H3. The summed E-state index contributed by atoms with van der Waals surface area (Å²) in [6.45, 7) is 1.56. The van der Waals surface area contributed by atoms with E-state index >= 15 is 0 Å². The zero-order valence-electron chi connectivity index (χ0n) is 12.5. The highest BCUT2D eigenvalue weighted by Gasteiger charge is 2.30. The van der Waals surface area contributed by atoms with Gasteiger partial charge in [-0.15, -0.1) is 0 Å². The third kappa shape index (κ3) is 4.60. The van der Waals surface area contributed by atoms with Gasteiger partial charge in [-0.1, -0.05) is 31.9 Å². The maximum atomic E-state index is 11.0. The molecule has 0 bridgehead atoms. The van der Waals surface area contributed by atoms with Gasteiger partial charge in [-0.05, 0) is 18.4 Å². The van der Waals surface area contributed by atoms with Gasteiger partial charge < -0.3 is 14.9 Å².